The zero-order chi connectivity index (χ0) is 13.0. The number of carbonyl (C=O) groups is 1. The fraction of sp³-hybridized carbons (Fsp3) is 0.533. The van der Waals surface area contributed by atoms with Gasteiger partial charge in [-0.15, -0.1) is 0 Å². The molecular formula is C15H21NO2. The monoisotopic (exact) mass is 247 g/mol. The molecule has 1 aromatic rings. The third-order valence-corrected chi connectivity index (χ3v) is 3.66. The molecule has 18 heavy (non-hydrogen) atoms. The summed E-state index contributed by atoms with van der Waals surface area (Å²) >= 11 is 0. The summed E-state index contributed by atoms with van der Waals surface area (Å²) in [7, 11) is 1.77. The summed E-state index contributed by atoms with van der Waals surface area (Å²) in [6, 6.07) is 7.93. The van der Waals surface area contributed by atoms with Crippen LogP contribution in [0, 0.1) is 5.92 Å². The Hall–Kier alpha value is -1.35. The van der Waals surface area contributed by atoms with Gasteiger partial charge in [0.2, 0.25) is 0 Å². The smallest absolute Gasteiger partial charge is 0.159 e. The molecule has 0 N–H and O–H groups in total. The van der Waals surface area contributed by atoms with Gasteiger partial charge in [0.25, 0.3) is 0 Å². The summed E-state index contributed by atoms with van der Waals surface area (Å²) in [5, 5.41) is 0. The number of benzene rings is 1. The second-order valence-corrected chi connectivity index (χ2v) is 4.99. The van der Waals surface area contributed by atoms with Crippen molar-refractivity contribution in [1.82, 2.24) is 0 Å². The van der Waals surface area contributed by atoms with E-state index in [9.17, 15) is 4.79 Å². The summed E-state index contributed by atoms with van der Waals surface area (Å²) in [6.45, 7) is 4.63. The highest BCUT2D eigenvalue weighted by molar-refractivity contribution is 5.94. The zero-order valence-electron chi connectivity index (χ0n) is 11.2. The van der Waals surface area contributed by atoms with E-state index in [1.54, 1.807) is 14.0 Å². The fourth-order valence-corrected chi connectivity index (χ4v) is 2.50. The molecule has 0 amide bonds. The maximum atomic E-state index is 11.2. The first-order valence-corrected chi connectivity index (χ1v) is 6.55. The normalized spacial score (nSPS) is 16.9. The van der Waals surface area contributed by atoms with Crippen LogP contribution in [0.25, 0.3) is 0 Å². The second-order valence-electron chi connectivity index (χ2n) is 4.99. The number of nitrogens with zero attached hydrogens (tertiary/aromatic N) is 1. The van der Waals surface area contributed by atoms with E-state index >= 15 is 0 Å². The molecule has 1 saturated heterocycles. The topological polar surface area (TPSA) is 29.5 Å². The van der Waals surface area contributed by atoms with Crippen molar-refractivity contribution in [2.24, 2.45) is 5.92 Å². The molecule has 0 aromatic heterocycles. The van der Waals surface area contributed by atoms with Crippen LogP contribution in [0.3, 0.4) is 0 Å². The molecule has 0 spiro atoms. The van der Waals surface area contributed by atoms with Gasteiger partial charge < -0.3 is 9.64 Å². The SMILES string of the molecule is COCC1CCN(c2ccc(C(C)=O)cc2)CC1. The van der Waals surface area contributed by atoms with Crippen LogP contribution in [-0.2, 0) is 4.74 Å². The highest BCUT2D eigenvalue weighted by Crippen LogP contribution is 2.23. The number of ketones is 1. The number of Topliss-reactive ketones (excluding diaryl/α,β-unsaturated/α-hetero) is 1. The summed E-state index contributed by atoms with van der Waals surface area (Å²) < 4.78 is 5.21. The Labute approximate surface area is 109 Å². The maximum Gasteiger partial charge on any atom is 0.159 e. The molecule has 1 fully saturated rings. The van der Waals surface area contributed by atoms with Crippen LogP contribution in [-0.4, -0.2) is 32.6 Å². The number of anilines is 1. The standard InChI is InChI=1S/C15H21NO2/c1-12(17)14-3-5-15(6-4-14)16-9-7-13(8-10-16)11-18-2/h3-6,13H,7-11H2,1-2H3. The van der Waals surface area contributed by atoms with Gasteiger partial charge in [0, 0.05) is 38.1 Å². The summed E-state index contributed by atoms with van der Waals surface area (Å²) in [5.41, 5.74) is 2.00. The maximum absolute atomic E-state index is 11.2. The Morgan fingerprint density at radius 3 is 2.39 bits per heavy atom. The number of rotatable bonds is 4. The van der Waals surface area contributed by atoms with Gasteiger partial charge in [0.05, 0.1) is 0 Å². The van der Waals surface area contributed by atoms with Crippen LogP contribution >= 0.6 is 0 Å². The van der Waals surface area contributed by atoms with E-state index in [0.29, 0.717) is 5.92 Å². The largest absolute Gasteiger partial charge is 0.384 e. The summed E-state index contributed by atoms with van der Waals surface area (Å²) in [5.74, 6) is 0.822. The van der Waals surface area contributed by atoms with E-state index in [-0.39, 0.29) is 5.78 Å². The molecule has 98 valence electrons. The van der Waals surface area contributed by atoms with Gasteiger partial charge in [-0.05, 0) is 49.9 Å². The van der Waals surface area contributed by atoms with Gasteiger partial charge in [0.15, 0.2) is 5.78 Å². The Morgan fingerprint density at radius 1 is 1.28 bits per heavy atom. The lowest BCUT2D eigenvalue weighted by atomic mass is 9.97. The number of carbonyl (C=O) groups excluding carboxylic acids is 1. The number of hydrogen-bond acceptors (Lipinski definition) is 3. The number of methoxy groups -OCH3 is 1. The lowest BCUT2D eigenvalue weighted by Gasteiger charge is -2.33. The first kappa shape index (κ1) is 13.1. The van der Waals surface area contributed by atoms with Crippen LogP contribution in [0.15, 0.2) is 24.3 Å². The van der Waals surface area contributed by atoms with Crippen molar-refractivity contribution >= 4 is 11.5 Å². The Morgan fingerprint density at radius 2 is 1.89 bits per heavy atom. The highest BCUT2D eigenvalue weighted by atomic mass is 16.5. The van der Waals surface area contributed by atoms with Gasteiger partial charge in [-0.25, -0.2) is 0 Å². The predicted octanol–water partition coefficient (Wildman–Crippen LogP) is 2.75. The third-order valence-electron chi connectivity index (χ3n) is 3.66. The molecule has 0 saturated carbocycles. The average molecular weight is 247 g/mol. The van der Waals surface area contributed by atoms with Crippen molar-refractivity contribution in [3.8, 4) is 0 Å². The zero-order valence-corrected chi connectivity index (χ0v) is 11.2. The minimum absolute atomic E-state index is 0.125. The first-order chi connectivity index (χ1) is 8.70. The minimum atomic E-state index is 0.125. The quantitative estimate of drug-likeness (QED) is 0.766. The molecule has 0 radical (unpaired) electrons. The van der Waals surface area contributed by atoms with Crippen LogP contribution in [0.5, 0.6) is 0 Å². The Balaban J connectivity index is 1.95. The molecule has 1 aliphatic rings. The molecular weight excluding hydrogens is 226 g/mol. The molecule has 3 nitrogen and oxygen atoms in total. The molecule has 2 rings (SSSR count). The number of ether oxygens (including phenoxy) is 1. The van der Waals surface area contributed by atoms with E-state index in [1.807, 2.05) is 24.3 Å². The van der Waals surface area contributed by atoms with E-state index in [1.165, 1.54) is 18.5 Å². The molecule has 0 aliphatic carbocycles. The molecule has 1 aromatic carbocycles. The Kier molecular flexibility index (Phi) is 4.37. The van der Waals surface area contributed by atoms with Gasteiger partial charge in [-0.1, -0.05) is 0 Å². The van der Waals surface area contributed by atoms with Crippen LogP contribution in [0.1, 0.15) is 30.1 Å². The number of piperidine rings is 1. The second kappa shape index (κ2) is 6.01. The van der Waals surface area contributed by atoms with Crippen molar-refractivity contribution in [2.45, 2.75) is 19.8 Å². The predicted molar refractivity (Wildman–Crippen MR) is 73.3 cm³/mol. The van der Waals surface area contributed by atoms with Crippen LogP contribution in [0.4, 0.5) is 5.69 Å². The molecule has 0 atom stereocenters. The summed E-state index contributed by atoms with van der Waals surface area (Å²) in [4.78, 5) is 13.6. The number of hydrogen-bond donors (Lipinski definition) is 0. The Bertz CT molecular complexity index is 391. The van der Waals surface area contributed by atoms with E-state index in [2.05, 4.69) is 4.90 Å². The first-order valence-electron chi connectivity index (χ1n) is 6.55. The summed E-state index contributed by atoms with van der Waals surface area (Å²) in [6.07, 6.45) is 2.37. The van der Waals surface area contributed by atoms with Crippen molar-refractivity contribution in [2.75, 3.05) is 31.7 Å². The van der Waals surface area contributed by atoms with Crippen LogP contribution in [0.2, 0.25) is 0 Å². The fourth-order valence-electron chi connectivity index (χ4n) is 2.50. The lowest BCUT2D eigenvalue weighted by molar-refractivity contribution is 0.101. The van der Waals surface area contributed by atoms with Crippen molar-refractivity contribution in [1.29, 1.82) is 0 Å². The average Bonchev–Trinajstić information content (AvgIpc) is 2.40. The van der Waals surface area contributed by atoms with Crippen molar-refractivity contribution in [3.63, 3.8) is 0 Å². The van der Waals surface area contributed by atoms with Crippen molar-refractivity contribution < 1.29 is 9.53 Å². The molecule has 1 heterocycles. The van der Waals surface area contributed by atoms with Gasteiger partial charge in [-0.3, -0.25) is 4.79 Å². The lowest BCUT2D eigenvalue weighted by Crippen LogP contribution is -2.34. The van der Waals surface area contributed by atoms with E-state index in [0.717, 1.165) is 25.3 Å². The van der Waals surface area contributed by atoms with Crippen molar-refractivity contribution in [3.05, 3.63) is 29.8 Å². The van der Waals surface area contributed by atoms with Gasteiger partial charge in [0.1, 0.15) is 0 Å². The third kappa shape index (κ3) is 3.10. The van der Waals surface area contributed by atoms with Crippen LogP contribution < -0.4 is 4.90 Å². The molecule has 0 unspecified atom stereocenters. The van der Waals surface area contributed by atoms with E-state index in [4.69, 9.17) is 4.74 Å². The molecule has 0 bridgehead atoms. The van der Waals surface area contributed by atoms with E-state index < -0.39 is 0 Å². The molecule has 1 aliphatic heterocycles. The minimum Gasteiger partial charge on any atom is -0.384 e. The molecule has 3 heteroatoms. The van der Waals surface area contributed by atoms with Gasteiger partial charge in [-0.2, -0.15) is 0 Å². The highest BCUT2D eigenvalue weighted by Gasteiger charge is 2.19. The van der Waals surface area contributed by atoms with Gasteiger partial charge >= 0.3 is 0 Å².